The summed E-state index contributed by atoms with van der Waals surface area (Å²) in [5.41, 5.74) is 1.67. The molecule has 1 heterocycles. The lowest BCUT2D eigenvalue weighted by atomic mass is 9.48. The summed E-state index contributed by atoms with van der Waals surface area (Å²) in [4.78, 5) is 27.8. The molecule has 6 heteroatoms. The van der Waals surface area contributed by atoms with Crippen LogP contribution in [0.5, 0.6) is 0 Å². The lowest BCUT2D eigenvalue weighted by Crippen LogP contribution is -2.52. The van der Waals surface area contributed by atoms with Gasteiger partial charge in [-0.1, -0.05) is 25.5 Å². The van der Waals surface area contributed by atoms with Gasteiger partial charge in [0, 0.05) is 38.1 Å². The standard InChI is InChI=1S/C26H36N2O4/c1-16(29)31-19-7-9-25(3)18(13-19)5-6-20-21(25)8-10-26(4)22(20)14-23(24(26)32-17(2)30)28-12-11-27-15-28/h5,11-12,15,19-24H,6-10,13-14H2,1-4H3/t19?,20-,21+,22+,23-,24?,25+,26+/m1/s1. The molecular weight excluding hydrogens is 404 g/mol. The number of hydrogen-bond donors (Lipinski definition) is 0. The number of esters is 2. The molecule has 0 aromatic carbocycles. The summed E-state index contributed by atoms with van der Waals surface area (Å²) < 4.78 is 13.8. The van der Waals surface area contributed by atoms with Crippen molar-refractivity contribution >= 4 is 11.9 Å². The van der Waals surface area contributed by atoms with Gasteiger partial charge >= 0.3 is 11.9 Å². The Balaban J connectivity index is 1.45. The Labute approximate surface area is 190 Å². The van der Waals surface area contributed by atoms with Crippen molar-refractivity contribution in [3.63, 3.8) is 0 Å². The number of allylic oxidation sites excluding steroid dienone is 1. The van der Waals surface area contributed by atoms with Gasteiger partial charge in [-0.2, -0.15) is 0 Å². The molecule has 6 nitrogen and oxygen atoms in total. The van der Waals surface area contributed by atoms with E-state index in [4.69, 9.17) is 9.47 Å². The Morgan fingerprint density at radius 2 is 1.88 bits per heavy atom. The summed E-state index contributed by atoms with van der Waals surface area (Å²) in [7, 11) is 0. The van der Waals surface area contributed by atoms with Crippen LogP contribution in [0.3, 0.4) is 0 Å². The van der Waals surface area contributed by atoms with Crippen LogP contribution in [-0.2, 0) is 19.1 Å². The summed E-state index contributed by atoms with van der Waals surface area (Å²) in [5.74, 6) is 1.39. The van der Waals surface area contributed by atoms with Crippen LogP contribution in [-0.4, -0.2) is 33.7 Å². The molecule has 1 aromatic heterocycles. The molecule has 0 spiro atoms. The minimum atomic E-state index is -0.189. The van der Waals surface area contributed by atoms with Crippen LogP contribution >= 0.6 is 0 Å². The number of nitrogens with zero attached hydrogens (tertiary/aromatic N) is 2. The van der Waals surface area contributed by atoms with Crippen molar-refractivity contribution in [1.82, 2.24) is 9.55 Å². The molecule has 0 bridgehead atoms. The third-order valence-corrected chi connectivity index (χ3v) is 9.52. The summed E-state index contributed by atoms with van der Waals surface area (Å²) in [6, 6.07) is 0.146. The quantitative estimate of drug-likeness (QED) is 0.496. The highest BCUT2D eigenvalue weighted by Gasteiger charge is 2.62. The fourth-order valence-corrected chi connectivity index (χ4v) is 8.07. The zero-order valence-electron chi connectivity index (χ0n) is 19.8. The van der Waals surface area contributed by atoms with E-state index in [-0.39, 0.29) is 41.0 Å². The fourth-order valence-electron chi connectivity index (χ4n) is 8.07. The van der Waals surface area contributed by atoms with E-state index in [1.54, 1.807) is 0 Å². The van der Waals surface area contributed by atoms with Gasteiger partial charge in [-0.25, -0.2) is 4.98 Å². The van der Waals surface area contributed by atoms with E-state index >= 15 is 0 Å². The average Bonchev–Trinajstić information content (AvgIpc) is 3.34. The fraction of sp³-hybridized carbons (Fsp3) is 0.731. The maximum absolute atomic E-state index is 12.1. The molecular formula is C26H36N2O4. The normalized spacial score (nSPS) is 42.8. The van der Waals surface area contributed by atoms with Crippen LogP contribution in [0.2, 0.25) is 0 Å². The van der Waals surface area contributed by atoms with E-state index in [9.17, 15) is 9.59 Å². The molecule has 0 amide bonds. The van der Waals surface area contributed by atoms with Gasteiger partial charge in [0.25, 0.3) is 0 Å². The molecule has 3 saturated carbocycles. The molecule has 0 N–H and O–H groups in total. The molecule has 5 rings (SSSR count). The van der Waals surface area contributed by atoms with Crippen molar-refractivity contribution in [2.75, 3.05) is 0 Å². The predicted molar refractivity (Wildman–Crippen MR) is 119 cm³/mol. The smallest absolute Gasteiger partial charge is 0.302 e. The number of fused-ring (bicyclic) bond motifs is 5. The molecule has 174 valence electrons. The SMILES string of the molecule is CC(=O)OC1CC[C@@]2(C)C(=CC[C@@H]3[C@@H]2CC[C@]2(C)C(OC(C)=O)[C@H](n4ccnc4)C[C@@H]32)C1. The largest absolute Gasteiger partial charge is 0.462 e. The number of aromatic nitrogens is 2. The predicted octanol–water partition coefficient (Wildman–Crippen LogP) is 4.86. The van der Waals surface area contributed by atoms with Crippen molar-refractivity contribution in [2.24, 2.45) is 28.6 Å². The second-order valence-electron chi connectivity index (χ2n) is 11.1. The Bertz CT molecular complexity index is 924. The van der Waals surface area contributed by atoms with E-state index in [0.717, 1.165) is 44.9 Å². The first-order chi connectivity index (χ1) is 15.2. The van der Waals surface area contributed by atoms with Gasteiger partial charge in [0.15, 0.2) is 0 Å². The van der Waals surface area contributed by atoms with E-state index in [0.29, 0.717) is 17.8 Å². The lowest BCUT2D eigenvalue weighted by molar-refractivity contribution is -0.159. The van der Waals surface area contributed by atoms with Gasteiger partial charge < -0.3 is 14.0 Å². The van der Waals surface area contributed by atoms with E-state index in [1.165, 1.54) is 19.4 Å². The number of ether oxygens (including phenoxy) is 2. The average molecular weight is 441 g/mol. The first-order valence-electron chi connectivity index (χ1n) is 12.2. The highest BCUT2D eigenvalue weighted by molar-refractivity contribution is 5.66. The maximum atomic E-state index is 12.1. The molecule has 4 aliphatic carbocycles. The number of carbonyl (C=O) groups is 2. The first kappa shape index (κ1) is 21.7. The Morgan fingerprint density at radius 3 is 2.56 bits per heavy atom. The highest BCUT2D eigenvalue weighted by atomic mass is 16.5. The Kier molecular flexibility index (Phi) is 5.25. The summed E-state index contributed by atoms with van der Waals surface area (Å²) in [6.07, 6.45) is 15.3. The van der Waals surface area contributed by atoms with Crippen LogP contribution in [0, 0.1) is 28.6 Å². The molecule has 2 unspecified atom stereocenters. The van der Waals surface area contributed by atoms with Crippen LogP contribution < -0.4 is 0 Å². The minimum absolute atomic E-state index is 0.0155. The van der Waals surface area contributed by atoms with Crippen molar-refractivity contribution in [3.05, 3.63) is 30.4 Å². The second kappa shape index (κ2) is 7.74. The minimum Gasteiger partial charge on any atom is -0.462 e. The monoisotopic (exact) mass is 440 g/mol. The van der Waals surface area contributed by atoms with Gasteiger partial charge in [0.2, 0.25) is 0 Å². The zero-order chi connectivity index (χ0) is 22.7. The van der Waals surface area contributed by atoms with Crippen molar-refractivity contribution in [3.8, 4) is 0 Å². The summed E-state index contributed by atoms with van der Waals surface area (Å²) in [5, 5.41) is 0. The molecule has 0 saturated heterocycles. The maximum Gasteiger partial charge on any atom is 0.302 e. The molecule has 0 aliphatic heterocycles. The van der Waals surface area contributed by atoms with E-state index in [2.05, 4.69) is 29.5 Å². The van der Waals surface area contributed by atoms with Gasteiger partial charge in [-0.05, 0) is 61.7 Å². The van der Waals surface area contributed by atoms with Crippen molar-refractivity contribution in [1.29, 1.82) is 0 Å². The number of carbonyl (C=O) groups excluding carboxylic acids is 2. The first-order valence-corrected chi connectivity index (χ1v) is 12.2. The van der Waals surface area contributed by atoms with E-state index in [1.807, 2.05) is 18.7 Å². The van der Waals surface area contributed by atoms with Crippen LogP contribution in [0.4, 0.5) is 0 Å². The third kappa shape index (κ3) is 3.32. The lowest BCUT2D eigenvalue weighted by Gasteiger charge is -2.57. The zero-order valence-corrected chi connectivity index (χ0v) is 19.8. The Hall–Kier alpha value is -2.11. The third-order valence-electron chi connectivity index (χ3n) is 9.52. The van der Waals surface area contributed by atoms with Gasteiger partial charge in [0.05, 0.1) is 12.4 Å². The van der Waals surface area contributed by atoms with Crippen LogP contribution in [0.25, 0.3) is 0 Å². The molecule has 1 aromatic rings. The van der Waals surface area contributed by atoms with Crippen molar-refractivity contribution < 1.29 is 19.1 Å². The Morgan fingerprint density at radius 1 is 1.09 bits per heavy atom. The van der Waals surface area contributed by atoms with Crippen molar-refractivity contribution in [2.45, 2.75) is 90.9 Å². The highest BCUT2D eigenvalue weighted by Crippen LogP contribution is 2.66. The molecule has 8 atom stereocenters. The van der Waals surface area contributed by atoms with Crippen LogP contribution in [0.1, 0.15) is 78.7 Å². The number of rotatable bonds is 3. The van der Waals surface area contributed by atoms with Gasteiger partial charge in [-0.15, -0.1) is 0 Å². The summed E-state index contributed by atoms with van der Waals surface area (Å²) >= 11 is 0. The topological polar surface area (TPSA) is 70.4 Å². The van der Waals surface area contributed by atoms with Crippen LogP contribution in [0.15, 0.2) is 30.4 Å². The second-order valence-corrected chi connectivity index (χ2v) is 11.1. The van der Waals surface area contributed by atoms with Gasteiger partial charge in [-0.3, -0.25) is 9.59 Å². The molecule has 32 heavy (non-hydrogen) atoms. The molecule has 0 radical (unpaired) electrons. The van der Waals surface area contributed by atoms with Gasteiger partial charge in [0.1, 0.15) is 12.2 Å². The summed E-state index contributed by atoms with van der Waals surface area (Å²) in [6.45, 7) is 7.86. The van der Waals surface area contributed by atoms with E-state index < -0.39 is 0 Å². The number of imidazole rings is 1. The molecule has 4 aliphatic rings. The number of hydrogen-bond acceptors (Lipinski definition) is 5. The molecule has 3 fully saturated rings.